The van der Waals surface area contributed by atoms with Crippen LogP contribution < -0.4 is 0 Å². The van der Waals surface area contributed by atoms with Gasteiger partial charge in [0.25, 0.3) is 11.8 Å². The predicted octanol–water partition coefficient (Wildman–Crippen LogP) is 3.28. The summed E-state index contributed by atoms with van der Waals surface area (Å²) in [4.78, 5) is 25.5. The third-order valence-electron chi connectivity index (χ3n) is 2.93. The normalized spacial score (nSPS) is 13.6. The van der Waals surface area contributed by atoms with E-state index in [1.54, 1.807) is 6.07 Å². The molecule has 1 heterocycles. The van der Waals surface area contributed by atoms with Crippen LogP contribution >= 0.6 is 0 Å². The standard InChI is InChI=1S/C13H15NO2.C2H6/c1-4-9-6-5-7-10-11(9)13(16)14(8(2)3)12(10)15;1-2/h5-8H,4H2,1-3H3;1-2H3. The van der Waals surface area contributed by atoms with Crippen molar-refractivity contribution in [2.45, 2.75) is 47.1 Å². The summed E-state index contributed by atoms with van der Waals surface area (Å²) < 4.78 is 0. The zero-order valence-corrected chi connectivity index (χ0v) is 11.8. The first kappa shape index (κ1) is 14.4. The van der Waals surface area contributed by atoms with Crippen molar-refractivity contribution in [2.75, 3.05) is 0 Å². The molecule has 0 radical (unpaired) electrons. The third-order valence-corrected chi connectivity index (χ3v) is 2.93. The monoisotopic (exact) mass is 247 g/mol. The Hall–Kier alpha value is -1.64. The number of carbonyl (C=O) groups excluding carboxylic acids is 2. The fraction of sp³-hybridized carbons (Fsp3) is 0.467. The fourth-order valence-corrected chi connectivity index (χ4v) is 2.14. The van der Waals surface area contributed by atoms with E-state index >= 15 is 0 Å². The van der Waals surface area contributed by atoms with Crippen LogP contribution in [0.4, 0.5) is 0 Å². The van der Waals surface area contributed by atoms with E-state index in [1.165, 1.54) is 4.90 Å². The van der Waals surface area contributed by atoms with Gasteiger partial charge in [-0.1, -0.05) is 32.9 Å². The maximum Gasteiger partial charge on any atom is 0.262 e. The lowest BCUT2D eigenvalue weighted by atomic mass is 10.0. The van der Waals surface area contributed by atoms with Gasteiger partial charge in [-0.25, -0.2) is 0 Å². The molecule has 0 bridgehead atoms. The smallest absolute Gasteiger partial charge is 0.262 e. The summed E-state index contributed by atoms with van der Waals surface area (Å²) in [5.41, 5.74) is 2.11. The lowest BCUT2D eigenvalue weighted by molar-refractivity contribution is 0.0609. The number of rotatable bonds is 2. The number of amides is 2. The molecule has 0 aliphatic carbocycles. The van der Waals surface area contributed by atoms with Crippen LogP contribution in [0.2, 0.25) is 0 Å². The average Bonchev–Trinajstić information content (AvgIpc) is 2.64. The van der Waals surface area contributed by atoms with Gasteiger partial charge in [0.2, 0.25) is 0 Å². The summed E-state index contributed by atoms with van der Waals surface area (Å²) in [6, 6.07) is 5.40. The minimum Gasteiger partial charge on any atom is -0.272 e. The van der Waals surface area contributed by atoms with Crippen molar-refractivity contribution < 1.29 is 9.59 Å². The van der Waals surface area contributed by atoms with Gasteiger partial charge in [0.15, 0.2) is 0 Å². The van der Waals surface area contributed by atoms with Crippen molar-refractivity contribution in [1.29, 1.82) is 0 Å². The number of aryl methyl sites for hydroxylation is 1. The Morgan fingerprint density at radius 1 is 1.11 bits per heavy atom. The second-order valence-corrected chi connectivity index (χ2v) is 4.27. The quantitative estimate of drug-likeness (QED) is 0.752. The molecule has 0 aromatic heterocycles. The Kier molecular flexibility index (Phi) is 4.65. The molecule has 0 N–H and O–H groups in total. The molecule has 0 fully saturated rings. The van der Waals surface area contributed by atoms with E-state index < -0.39 is 0 Å². The van der Waals surface area contributed by atoms with Crippen LogP contribution in [0, 0.1) is 0 Å². The van der Waals surface area contributed by atoms with Crippen molar-refractivity contribution in [3.8, 4) is 0 Å². The van der Waals surface area contributed by atoms with Crippen LogP contribution in [0.1, 0.15) is 60.9 Å². The molecular formula is C15H21NO2. The molecule has 3 nitrogen and oxygen atoms in total. The van der Waals surface area contributed by atoms with E-state index in [0.29, 0.717) is 11.1 Å². The van der Waals surface area contributed by atoms with Gasteiger partial charge < -0.3 is 0 Å². The number of benzene rings is 1. The van der Waals surface area contributed by atoms with Crippen molar-refractivity contribution in [2.24, 2.45) is 0 Å². The highest BCUT2D eigenvalue weighted by Crippen LogP contribution is 2.27. The first-order valence-corrected chi connectivity index (χ1v) is 6.57. The molecule has 0 unspecified atom stereocenters. The van der Waals surface area contributed by atoms with Gasteiger partial charge in [-0.3, -0.25) is 14.5 Å². The summed E-state index contributed by atoms with van der Waals surface area (Å²) in [6.07, 6.45) is 0.772. The average molecular weight is 247 g/mol. The number of imide groups is 1. The van der Waals surface area contributed by atoms with Crippen LogP contribution in [0.25, 0.3) is 0 Å². The first-order chi connectivity index (χ1) is 8.57. The molecule has 0 atom stereocenters. The number of hydrogen-bond acceptors (Lipinski definition) is 2. The van der Waals surface area contributed by atoms with E-state index in [1.807, 2.05) is 46.8 Å². The van der Waals surface area contributed by atoms with Crippen LogP contribution in [0.5, 0.6) is 0 Å². The molecular weight excluding hydrogens is 226 g/mol. The van der Waals surface area contributed by atoms with Gasteiger partial charge in [-0.05, 0) is 31.9 Å². The van der Waals surface area contributed by atoms with Crippen molar-refractivity contribution in [1.82, 2.24) is 4.90 Å². The van der Waals surface area contributed by atoms with Crippen LogP contribution in [-0.4, -0.2) is 22.8 Å². The number of carbonyl (C=O) groups is 2. The van der Waals surface area contributed by atoms with Gasteiger partial charge in [0.1, 0.15) is 0 Å². The van der Waals surface area contributed by atoms with E-state index in [9.17, 15) is 9.59 Å². The third kappa shape index (κ3) is 2.17. The summed E-state index contributed by atoms with van der Waals surface area (Å²) in [7, 11) is 0. The van der Waals surface area contributed by atoms with Crippen molar-refractivity contribution in [3.05, 3.63) is 34.9 Å². The highest BCUT2D eigenvalue weighted by atomic mass is 16.2. The molecule has 1 aromatic carbocycles. The summed E-state index contributed by atoms with van der Waals surface area (Å²) in [5, 5.41) is 0. The van der Waals surface area contributed by atoms with Gasteiger partial charge in [0, 0.05) is 6.04 Å². The molecule has 0 saturated heterocycles. The molecule has 0 spiro atoms. The molecule has 2 amide bonds. The minimum atomic E-state index is -0.162. The van der Waals surface area contributed by atoms with Crippen LogP contribution in [0.3, 0.4) is 0 Å². The summed E-state index contributed by atoms with van der Waals surface area (Å²) in [5.74, 6) is -0.308. The van der Waals surface area contributed by atoms with E-state index in [-0.39, 0.29) is 17.9 Å². The molecule has 1 aromatic rings. The van der Waals surface area contributed by atoms with E-state index in [2.05, 4.69) is 0 Å². The lowest BCUT2D eigenvalue weighted by Crippen LogP contribution is -2.36. The Balaban J connectivity index is 0.000000771. The Morgan fingerprint density at radius 2 is 1.72 bits per heavy atom. The predicted molar refractivity (Wildman–Crippen MR) is 72.8 cm³/mol. The minimum absolute atomic E-state index is 0.0860. The van der Waals surface area contributed by atoms with Crippen molar-refractivity contribution in [3.63, 3.8) is 0 Å². The fourth-order valence-electron chi connectivity index (χ4n) is 2.14. The summed E-state index contributed by atoms with van der Waals surface area (Å²) in [6.45, 7) is 9.70. The number of fused-ring (bicyclic) bond motifs is 1. The van der Waals surface area contributed by atoms with E-state index in [4.69, 9.17) is 0 Å². The zero-order chi connectivity index (χ0) is 13.9. The van der Waals surface area contributed by atoms with Crippen molar-refractivity contribution >= 4 is 11.8 Å². The van der Waals surface area contributed by atoms with Gasteiger partial charge in [-0.15, -0.1) is 0 Å². The SMILES string of the molecule is CC.CCc1cccc2c1C(=O)N(C(C)C)C2=O. The van der Waals surface area contributed by atoms with Gasteiger partial charge in [0.05, 0.1) is 11.1 Å². The maximum absolute atomic E-state index is 12.1. The van der Waals surface area contributed by atoms with E-state index in [0.717, 1.165) is 12.0 Å². The van der Waals surface area contributed by atoms with Gasteiger partial charge >= 0.3 is 0 Å². The Bertz CT molecular complexity index is 464. The molecule has 1 aliphatic rings. The highest BCUT2D eigenvalue weighted by Gasteiger charge is 2.38. The largest absolute Gasteiger partial charge is 0.272 e. The molecule has 18 heavy (non-hydrogen) atoms. The first-order valence-electron chi connectivity index (χ1n) is 6.57. The number of hydrogen-bond donors (Lipinski definition) is 0. The molecule has 3 heteroatoms. The molecule has 1 aliphatic heterocycles. The Labute approximate surface area is 109 Å². The van der Waals surface area contributed by atoms with Crippen LogP contribution in [-0.2, 0) is 6.42 Å². The molecule has 98 valence electrons. The Morgan fingerprint density at radius 3 is 2.22 bits per heavy atom. The maximum atomic E-state index is 12.1. The lowest BCUT2D eigenvalue weighted by Gasteiger charge is -2.17. The second kappa shape index (κ2) is 5.80. The highest BCUT2D eigenvalue weighted by molar-refractivity contribution is 6.22. The zero-order valence-electron chi connectivity index (χ0n) is 11.8. The topological polar surface area (TPSA) is 37.4 Å². The summed E-state index contributed by atoms with van der Waals surface area (Å²) >= 11 is 0. The second-order valence-electron chi connectivity index (χ2n) is 4.27. The molecule has 0 saturated carbocycles. The molecule has 2 rings (SSSR count). The number of nitrogens with zero attached hydrogens (tertiary/aromatic N) is 1. The van der Waals surface area contributed by atoms with Crippen LogP contribution in [0.15, 0.2) is 18.2 Å². The van der Waals surface area contributed by atoms with Gasteiger partial charge in [-0.2, -0.15) is 0 Å².